The maximum Gasteiger partial charge on any atom is 0.244 e. The maximum atomic E-state index is 12.7. The smallest absolute Gasteiger partial charge is 0.244 e. The first kappa shape index (κ1) is 16.7. The number of piperidine rings is 1. The Balaban J connectivity index is 1.62. The van der Waals surface area contributed by atoms with Crippen LogP contribution in [0.1, 0.15) is 36.7 Å². The maximum absolute atomic E-state index is 12.7. The highest BCUT2D eigenvalue weighted by Gasteiger charge is 2.24. The van der Waals surface area contributed by atoms with Crippen LogP contribution < -0.4 is 0 Å². The lowest BCUT2D eigenvalue weighted by molar-refractivity contribution is -0.134. The number of hydrogen-bond acceptors (Lipinski definition) is 3. The Hall–Kier alpha value is -2.11. The average molecular weight is 329 g/mol. The van der Waals surface area contributed by atoms with Crippen molar-refractivity contribution in [2.45, 2.75) is 53.1 Å². The Bertz CT molecular complexity index is 689. The van der Waals surface area contributed by atoms with Crippen molar-refractivity contribution in [2.75, 3.05) is 13.1 Å². The molecule has 0 aliphatic carbocycles. The molecule has 1 aliphatic heterocycles. The van der Waals surface area contributed by atoms with Gasteiger partial charge < -0.3 is 9.47 Å². The van der Waals surface area contributed by atoms with E-state index in [9.17, 15) is 4.79 Å². The Morgan fingerprint density at radius 1 is 1.38 bits per heavy atom. The molecule has 1 aliphatic rings. The average Bonchev–Trinajstić information content (AvgIpc) is 3.16. The van der Waals surface area contributed by atoms with Crippen molar-refractivity contribution in [1.82, 2.24) is 24.2 Å². The van der Waals surface area contributed by atoms with Gasteiger partial charge in [-0.2, -0.15) is 5.10 Å². The first-order chi connectivity index (χ1) is 11.6. The number of aromatic nitrogens is 4. The van der Waals surface area contributed by atoms with Gasteiger partial charge in [0.05, 0.1) is 12.0 Å². The minimum Gasteiger partial charge on any atom is -0.341 e. The zero-order valence-corrected chi connectivity index (χ0v) is 14.9. The van der Waals surface area contributed by atoms with Crippen LogP contribution in [0.25, 0.3) is 0 Å². The van der Waals surface area contributed by atoms with E-state index in [1.807, 2.05) is 29.0 Å². The summed E-state index contributed by atoms with van der Waals surface area (Å²) in [5.41, 5.74) is 3.43. The van der Waals surface area contributed by atoms with Crippen LogP contribution in [0, 0.1) is 19.8 Å². The fourth-order valence-corrected chi connectivity index (χ4v) is 3.76. The van der Waals surface area contributed by atoms with Gasteiger partial charge in [0.25, 0.3) is 0 Å². The largest absolute Gasteiger partial charge is 0.341 e. The molecule has 0 N–H and O–H groups in total. The van der Waals surface area contributed by atoms with Crippen LogP contribution in [0.5, 0.6) is 0 Å². The van der Waals surface area contributed by atoms with E-state index < -0.39 is 0 Å². The third-order valence-corrected chi connectivity index (χ3v) is 5.07. The zero-order valence-electron chi connectivity index (χ0n) is 14.9. The number of amides is 1. The van der Waals surface area contributed by atoms with Crippen molar-refractivity contribution < 1.29 is 4.79 Å². The van der Waals surface area contributed by atoms with Crippen LogP contribution >= 0.6 is 0 Å². The zero-order chi connectivity index (χ0) is 17.1. The molecule has 0 aromatic carbocycles. The van der Waals surface area contributed by atoms with E-state index in [2.05, 4.69) is 28.5 Å². The highest BCUT2D eigenvalue weighted by atomic mass is 16.2. The molecule has 0 radical (unpaired) electrons. The third-order valence-electron chi connectivity index (χ3n) is 5.07. The fraction of sp³-hybridized carbons (Fsp3) is 0.611. The van der Waals surface area contributed by atoms with E-state index in [0.29, 0.717) is 12.5 Å². The van der Waals surface area contributed by atoms with Crippen LogP contribution in [0.3, 0.4) is 0 Å². The van der Waals surface area contributed by atoms with Crippen molar-refractivity contribution in [1.29, 1.82) is 0 Å². The quantitative estimate of drug-likeness (QED) is 0.845. The van der Waals surface area contributed by atoms with E-state index in [1.165, 1.54) is 12.0 Å². The molecule has 1 amide bonds. The van der Waals surface area contributed by atoms with Crippen LogP contribution in [0.15, 0.2) is 18.7 Å². The van der Waals surface area contributed by atoms with E-state index in [1.54, 1.807) is 6.20 Å². The van der Waals surface area contributed by atoms with Crippen LogP contribution in [0.2, 0.25) is 0 Å². The molecule has 1 atom stereocenters. The number of likely N-dealkylation sites (tertiary alicyclic amines) is 1. The third kappa shape index (κ3) is 3.52. The second-order valence-electron chi connectivity index (χ2n) is 6.77. The van der Waals surface area contributed by atoms with Gasteiger partial charge in [0.1, 0.15) is 6.54 Å². The summed E-state index contributed by atoms with van der Waals surface area (Å²) in [5.74, 6) is 0.683. The molecule has 2 aromatic rings. The summed E-state index contributed by atoms with van der Waals surface area (Å²) < 4.78 is 3.98. The molecule has 2 aromatic heterocycles. The molecule has 0 spiro atoms. The van der Waals surface area contributed by atoms with E-state index in [4.69, 9.17) is 0 Å². The standard InChI is InChI=1S/C18H27N5O/c1-4-17-14(2)20-23(15(17)3)12-18(24)22-8-5-6-16(11-22)10-21-9-7-19-13-21/h7,9,13,16H,4-6,8,10-12H2,1-3H3. The summed E-state index contributed by atoms with van der Waals surface area (Å²) in [6.45, 7) is 9.19. The summed E-state index contributed by atoms with van der Waals surface area (Å²) in [6.07, 6.45) is 8.85. The minimum absolute atomic E-state index is 0.179. The van der Waals surface area contributed by atoms with Crippen LogP contribution in [0.4, 0.5) is 0 Å². The molecule has 3 rings (SSSR count). The van der Waals surface area contributed by atoms with Gasteiger partial charge in [-0.15, -0.1) is 0 Å². The molecular weight excluding hydrogens is 302 g/mol. The van der Waals surface area contributed by atoms with Crippen molar-refractivity contribution in [3.63, 3.8) is 0 Å². The number of hydrogen-bond donors (Lipinski definition) is 0. The SMILES string of the molecule is CCc1c(C)nn(CC(=O)N2CCCC(Cn3ccnc3)C2)c1C. The number of imidazole rings is 1. The molecule has 6 nitrogen and oxygen atoms in total. The number of aryl methyl sites for hydroxylation is 1. The van der Waals surface area contributed by atoms with Gasteiger partial charge in [0.2, 0.25) is 5.91 Å². The Labute approximate surface area is 143 Å². The minimum atomic E-state index is 0.179. The molecule has 0 bridgehead atoms. The number of carbonyl (C=O) groups is 1. The monoisotopic (exact) mass is 329 g/mol. The van der Waals surface area contributed by atoms with Crippen molar-refractivity contribution >= 4 is 5.91 Å². The Morgan fingerprint density at radius 3 is 2.88 bits per heavy atom. The normalized spacial score (nSPS) is 18.1. The second-order valence-corrected chi connectivity index (χ2v) is 6.77. The molecule has 0 saturated carbocycles. The lowest BCUT2D eigenvalue weighted by Gasteiger charge is -2.33. The van der Waals surface area contributed by atoms with Gasteiger partial charge >= 0.3 is 0 Å². The molecule has 3 heterocycles. The van der Waals surface area contributed by atoms with E-state index in [-0.39, 0.29) is 5.91 Å². The fourth-order valence-electron chi connectivity index (χ4n) is 3.76. The van der Waals surface area contributed by atoms with Gasteiger partial charge in [-0.05, 0) is 44.6 Å². The first-order valence-corrected chi connectivity index (χ1v) is 8.84. The lowest BCUT2D eigenvalue weighted by atomic mass is 9.98. The highest BCUT2D eigenvalue weighted by Crippen LogP contribution is 2.19. The molecular formula is C18H27N5O. The van der Waals surface area contributed by atoms with Gasteiger partial charge in [-0.1, -0.05) is 6.92 Å². The summed E-state index contributed by atoms with van der Waals surface area (Å²) in [4.78, 5) is 18.8. The molecule has 1 unspecified atom stereocenters. The second kappa shape index (κ2) is 7.20. The number of carbonyl (C=O) groups excluding carboxylic acids is 1. The van der Waals surface area contributed by atoms with Gasteiger partial charge in [0, 0.05) is 37.7 Å². The summed E-state index contributed by atoms with van der Waals surface area (Å²) in [5, 5.41) is 4.55. The van der Waals surface area contributed by atoms with Crippen LogP contribution in [-0.4, -0.2) is 43.2 Å². The molecule has 6 heteroatoms. The topological polar surface area (TPSA) is 56.0 Å². The van der Waals surface area contributed by atoms with Gasteiger partial charge in [-0.3, -0.25) is 9.48 Å². The van der Waals surface area contributed by atoms with Crippen molar-refractivity contribution in [3.8, 4) is 0 Å². The number of nitrogens with zero attached hydrogens (tertiary/aromatic N) is 5. The van der Waals surface area contributed by atoms with E-state index >= 15 is 0 Å². The summed E-state index contributed by atoms with van der Waals surface area (Å²) in [6, 6.07) is 0. The van der Waals surface area contributed by atoms with Crippen LogP contribution in [-0.2, 0) is 24.3 Å². The van der Waals surface area contributed by atoms with Crippen molar-refractivity contribution in [3.05, 3.63) is 35.7 Å². The molecule has 130 valence electrons. The molecule has 24 heavy (non-hydrogen) atoms. The summed E-state index contributed by atoms with van der Waals surface area (Å²) in [7, 11) is 0. The number of rotatable bonds is 5. The predicted molar refractivity (Wildman–Crippen MR) is 92.6 cm³/mol. The Kier molecular flexibility index (Phi) is 5.02. The predicted octanol–water partition coefficient (Wildman–Crippen LogP) is 2.20. The van der Waals surface area contributed by atoms with Gasteiger partial charge in [-0.25, -0.2) is 4.98 Å². The van der Waals surface area contributed by atoms with Gasteiger partial charge in [0.15, 0.2) is 0 Å². The highest BCUT2D eigenvalue weighted by molar-refractivity contribution is 5.76. The molecule has 1 saturated heterocycles. The molecule has 1 fully saturated rings. The lowest BCUT2D eigenvalue weighted by Crippen LogP contribution is -2.42. The summed E-state index contributed by atoms with van der Waals surface area (Å²) >= 11 is 0. The Morgan fingerprint density at radius 2 is 2.21 bits per heavy atom. The van der Waals surface area contributed by atoms with E-state index in [0.717, 1.165) is 43.9 Å². The first-order valence-electron chi connectivity index (χ1n) is 8.84. The van der Waals surface area contributed by atoms with Crippen molar-refractivity contribution in [2.24, 2.45) is 5.92 Å².